The molecule has 4 rings (SSSR count). The maximum Gasteiger partial charge on any atom is 0.433 e. The van der Waals surface area contributed by atoms with Crippen LogP contribution in [-0.2, 0) is 11.0 Å². The minimum atomic E-state index is -4.49. The van der Waals surface area contributed by atoms with Gasteiger partial charge >= 0.3 is 6.18 Å². The fraction of sp³-hybridized carbons (Fsp3) is 0.611. The van der Waals surface area contributed by atoms with E-state index >= 15 is 0 Å². The molecule has 3 saturated heterocycles. The molecule has 0 saturated carbocycles. The van der Waals surface area contributed by atoms with Crippen LogP contribution in [0.25, 0.3) is 0 Å². The van der Waals surface area contributed by atoms with Gasteiger partial charge in [-0.2, -0.15) is 18.4 Å². The van der Waals surface area contributed by atoms with Crippen LogP contribution in [0.1, 0.15) is 31.4 Å². The van der Waals surface area contributed by atoms with Crippen LogP contribution in [0.4, 0.5) is 19.0 Å². The Morgan fingerprint density at radius 3 is 2.81 bits per heavy atom. The van der Waals surface area contributed by atoms with Crippen molar-refractivity contribution in [3.8, 4) is 6.19 Å². The summed E-state index contributed by atoms with van der Waals surface area (Å²) >= 11 is 0. The molecule has 4 heterocycles. The van der Waals surface area contributed by atoms with Crippen molar-refractivity contribution in [3.05, 3.63) is 23.9 Å². The first-order valence-electron chi connectivity index (χ1n) is 9.14. The van der Waals surface area contributed by atoms with Crippen molar-refractivity contribution in [1.29, 1.82) is 5.26 Å². The number of nitriles is 1. The molecule has 27 heavy (non-hydrogen) atoms. The summed E-state index contributed by atoms with van der Waals surface area (Å²) in [6.45, 7) is 0.844. The number of aromatic nitrogens is 1. The molecule has 1 aromatic heterocycles. The molecule has 2 bridgehead atoms. The Bertz CT molecular complexity index is 777. The van der Waals surface area contributed by atoms with E-state index in [0.717, 1.165) is 25.3 Å². The molecule has 0 radical (unpaired) electrons. The van der Waals surface area contributed by atoms with E-state index in [1.807, 2.05) is 0 Å². The minimum Gasteiger partial charge on any atom is -0.356 e. The Hall–Kier alpha value is -2.50. The van der Waals surface area contributed by atoms with E-state index in [1.165, 1.54) is 12.1 Å². The smallest absolute Gasteiger partial charge is 0.356 e. The molecular formula is C18H20F3N5O. The third-order valence-electron chi connectivity index (χ3n) is 5.89. The number of carbonyl (C=O) groups is 1. The molecule has 0 spiro atoms. The Kier molecular flexibility index (Phi) is 4.36. The highest BCUT2D eigenvalue weighted by Gasteiger charge is 2.47. The molecule has 3 aliphatic rings. The number of pyridine rings is 1. The Labute approximate surface area is 154 Å². The van der Waals surface area contributed by atoms with Crippen LogP contribution in [0.5, 0.6) is 0 Å². The van der Waals surface area contributed by atoms with Gasteiger partial charge in [-0.15, -0.1) is 0 Å². The predicted molar refractivity (Wildman–Crippen MR) is 90.4 cm³/mol. The van der Waals surface area contributed by atoms with Crippen molar-refractivity contribution >= 4 is 11.7 Å². The number of alkyl halides is 3. The molecule has 4 atom stereocenters. The average molecular weight is 379 g/mol. The number of hydrogen-bond acceptors (Lipinski definition) is 5. The topological polar surface area (TPSA) is 72.3 Å². The van der Waals surface area contributed by atoms with Crippen LogP contribution in [0.2, 0.25) is 0 Å². The predicted octanol–water partition coefficient (Wildman–Crippen LogP) is 2.13. The lowest BCUT2D eigenvalue weighted by molar-refractivity contribution is -0.141. The Morgan fingerprint density at radius 1 is 1.30 bits per heavy atom. The van der Waals surface area contributed by atoms with Gasteiger partial charge in [0, 0.05) is 19.1 Å². The van der Waals surface area contributed by atoms with Crippen molar-refractivity contribution in [2.75, 3.05) is 18.0 Å². The van der Waals surface area contributed by atoms with Gasteiger partial charge in [0.1, 0.15) is 11.5 Å². The second-order valence-corrected chi connectivity index (χ2v) is 7.47. The highest BCUT2D eigenvalue weighted by molar-refractivity contribution is 5.80. The molecule has 1 N–H and O–H groups in total. The maximum atomic E-state index is 12.8. The SMILES string of the molecule is N#CN1[C@H]2CC[C@@H]1[C@H](NC(=O)C1CCN(c3cccc(C(F)(F)F)n3)C1)C2. The monoisotopic (exact) mass is 379 g/mol. The van der Waals surface area contributed by atoms with Crippen LogP contribution in [-0.4, -0.2) is 47.0 Å². The molecular weight excluding hydrogens is 359 g/mol. The van der Waals surface area contributed by atoms with E-state index in [0.29, 0.717) is 19.5 Å². The summed E-state index contributed by atoms with van der Waals surface area (Å²) < 4.78 is 38.5. The highest BCUT2D eigenvalue weighted by atomic mass is 19.4. The zero-order chi connectivity index (χ0) is 19.2. The number of anilines is 1. The number of nitrogens with zero attached hydrogens (tertiary/aromatic N) is 4. The lowest BCUT2D eigenvalue weighted by Crippen LogP contribution is -2.46. The molecule has 1 amide bonds. The highest BCUT2D eigenvalue weighted by Crippen LogP contribution is 2.37. The summed E-state index contributed by atoms with van der Waals surface area (Å²) in [6.07, 6.45) is 0.996. The Balaban J connectivity index is 1.37. The summed E-state index contributed by atoms with van der Waals surface area (Å²) in [4.78, 5) is 19.9. The molecule has 9 heteroatoms. The number of nitrogens with one attached hydrogen (secondary N) is 1. The van der Waals surface area contributed by atoms with Gasteiger partial charge in [0.25, 0.3) is 0 Å². The summed E-state index contributed by atoms with van der Waals surface area (Å²) in [5, 5.41) is 12.3. The normalized spacial score (nSPS) is 29.9. The quantitative estimate of drug-likeness (QED) is 0.815. The second kappa shape index (κ2) is 6.59. The van der Waals surface area contributed by atoms with E-state index in [2.05, 4.69) is 16.5 Å². The first-order valence-corrected chi connectivity index (χ1v) is 9.14. The molecule has 0 aliphatic carbocycles. The van der Waals surface area contributed by atoms with Crippen molar-refractivity contribution in [3.63, 3.8) is 0 Å². The van der Waals surface area contributed by atoms with Crippen LogP contribution in [0.15, 0.2) is 18.2 Å². The first-order chi connectivity index (χ1) is 12.9. The number of halogens is 3. The van der Waals surface area contributed by atoms with Gasteiger partial charge in [-0.25, -0.2) is 4.98 Å². The van der Waals surface area contributed by atoms with Crippen molar-refractivity contribution < 1.29 is 18.0 Å². The Morgan fingerprint density at radius 2 is 2.11 bits per heavy atom. The van der Waals surface area contributed by atoms with E-state index in [9.17, 15) is 23.2 Å². The van der Waals surface area contributed by atoms with Crippen LogP contribution < -0.4 is 10.2 Å². The number of hydrogen-bond donors (Lipinski definition) is 1. The summed E-state index contributed by atoms with van der Waals surface area (Å²) in [7, 11) is 0. The third kappa shape index (κ3) is 3.29. The van der Waals surface area contributed by atoms with Crippen molar-refractivity contribution in [2.24, 2.45) is 5.92 Å². The number of carbonyl (C=O) groups excluding carboxylic acids is 1. The summed E-state index contributed by atoms with van der Waals surface area (Å²) in [5.74, 6) is -0.119. The van der Waals surface area contributed by atoms with E-state index in [-0.39, 0.29) is 35.8 Å². The minimum absolute atomic E-state index is 0.0170. The van der Waals surface area contributed by atoms with Crippen molar-refractivity contribution in [2.45, 2.75) is 50.0 Å². The molecule has 1 unspecified atom stereocenters. The molecule has 3 aliphatic heterocycles. The van der Waals surface area contributed by atoms with Crippen molar-refractivity contribution in [1.82, 2.24) is 15.2 Å². The summed E-state index contributed by atoms with van der Waals surface area (Å²) in [5.41, 5.74) is -0.925. The third-order valence-corrected chi connectivity index (χ3v) is 5.89. The van der Waals surface area contributed by atoms with Crippen LogP contribution >= 0.6 is 0 Å². The van der Waals surface area contributed by atoms with Gasteiger partial charge < -0.3 is 15.1 Å². The van der Waals surface area contributed by atoms with E-state index in [4.69, 9.17) is 0 Å². The maximum absolute atomic E-state index is 12.8. The van der Waals surface area contributed by atoms with Crippen LogP contribution in [0, 0.1) is 17.4 Å². The first kappa shape index (κ1) is 17.9. The van der Waals surface area contributed by atoms with Crippen LogP contribution in [0.3, 0.4) is 0 Å². The molecule has 144 valence electrons. The fourth-order valence-electron chi connectivity index (χ4n) is 4.54. The molecule has 3 fully saturated rings. The van der Waals surface area contributed by atoms with E-state index in [1.54, 1.807) is 9.80 Å². The van der Waals surface area contributed by atoms with E-state index < -0.39 is 11.9 Å². The largest absolute Gasteiger partial charge is 0.433 e. The summed E-state index contributed by atoms with van der Waals surface area (Å²) in [6, 6.07) is 4.10. The standard InChI is InChI=1S/C18H20F3N5O/c19-18(20,21)15-2-1-3-16(24-15)25-7-6-11(9-25)17(27)23-13-8-12-4-5-14(13)26(12)10-22/h1-3,11-14H,4-9H2,(H,23,27)/t11?,12-,13+,14+/m0/s1. The zero-order valence-corrected chi connectivity index (χ0v) is 14.6. The number of amides is 1. The van der Waals surface area contributed by atoms with Gasteiger partial charge in [-0.05, 0) is 37.8 Å². The zero-order valence-electron chi connectivity index (χ0n) is 14.6. The van der Waals surface area contributed by atoms with Gasteiger partial charge in [-0.3, -0.25) is 4.79 Å². The van der Waals surface area contributed by atoms with Gasteiger partial charge in [0.2, 0.25) is 5.91 Å². The molecule has 0 aromatic carbocycles. The number of rotatable bonds is 3. The molecule has 6 nitrogen and oxygen atoms in total. The fourth-order valence-corrected chi connectivity index (χ4v) is 4.54. The lowest BCUT2D eigenvalue weighted by Gasteiger charge is -2.24. The number of fused-ring (bicyclic) bond motifs is 2. The average Bonchev–Trinajstić information content (AvgIpc) is 3.35. The van der Waals surface area contributed by atoms with Gasteiger partial charge in [-0.1, -0.05) is 6.07 Å². The molecule has 1 aromatic rings. The second-order valence-electron chi connectivity index (χ2n) is 7.47. The lowest BCUT2D eigenvalue weighted by atomic mass is 9.95. The van der Waals surface area contributed by atoms with Gasteiger partial charge in [0.05, 0.1) is 18.0 Å². The van der Waals surface area contributed by atoms with Gasteiger partial charge in [0.15, 0.2) is 6.19 Å².